The molecule has 0 unspecified atom stereocenters. The molecule has 2 aromatic rings. The average Bonchev–Trinajstić information content (AvgIpc) is 2.90. The lowest BCUT2D eigenvalue weighted by molar-refractivity contribution is -0.00713. The lowest BCUT2D eigenvalue weighted by atomic mass is 9.99. The zero-order valence-electron chi connectivity index (χ0n) is 15.7. The maximum Gasteiger partial charge on any atom is 0.272 e. The van der Waals surface area contributed by atoms with Gasteiger partial charge in [-0.3, -0.25) is 9.48 Å². The second-order valence-corrected chi connectivity index (χ2v) is 7.17. The van der Waals surface area contributed by atoms with Crippen molar-refractivity contribution in [2.45, 2.75) is 39.0 Å². The van der Waals surface area contributed by atoms with Crippen LogP contribution in [0.15, 0.2) is 18.2 Å². The van der Waals surface area contributed by atoms with Gasteiger partial charge in [-0.2, -0.15) is 5.10 Å². The van der Waals surface area contributed by atoms with Crippen LogP contribution in [0.3, 0.4) is 0 Å². The number of aromatic nitrogens is 2. The highest BCUT2D eigenvalue weighted by atomic mass is 35.5. The van der Waals surface area contributed by atoms with Gasteiger partial charge in [0.05, 0.1) is 30.0 Å². The van der Waals surface area contributed by atoms with E-state index in [9.17, 15) is 4.79 Å². The fourth-order valence-corrected chi connectivity index (χ4v) is 3.75. The molecule has 1 amide bonds. The Bertz CT molecular complexity index is 834. The number of ether oxygens (including phenoxy) is 2. The molecule has 0 saturated carbocycles. The van der Waals surface area contributed by atoms with Crippen LogP contribution in [0.2, 0.25) is 5.02 Å². The molecule has 7 heteroatoms. The molecule has 0 saturated heterocycles. The van der Waals surface area contributed by atoms with Crippen LogP contribution in [-0.4, -0.2) is 40.8 Å². The van der Waals surface area contributed by atoms with E-state index >= 15 is 0 Å². The predicted octanol–water partition coefficient (Wildman–Crippen LogP) is 3.38. The molecule has 2 atom stereocenters. The summed E-state index contributed by atoms with van der Waals surface area (Å²) in [5, 5.41) is 5.05. The first-order valence-electron chi connectivity index (χ1n) is 8.61. The van der Waals surface area contributed by atoms with Crippen LogP contribution in [0, 0.1) is 0 Å². The number of amides is 1. The van der Waals surface area contributed by atoms with Gasteiger partial charge in [-0.1, -0.05) is 17.7 Å². The van der Waals surface area contributed by atoms with Crippen molar-refractivity contribution in [1.29, 1.82) is 0 Å². The lowest BCUT2D eigenvalue weighted by Crippen LogP contribution is -2.30. The number of fused-ring (bicyclic) bond motifs is 1. The van der Waals surface area contributed by atoms with Crippen molar-refractivity contribution in [3.05, 3.63) is 45.7 Å². The van der Waals surface area contributed by atoms with E-state index in [0.29, 0.717) is 29.4 Å². The van der Waals surface area contributed by atoms with Gasteiger partial charge in [-0.15, -0.1) is 0 Å². The van der Waals surface area contributed by atoms with Crippen molar-refractivity contribution < 1.29 is 14.3 Å². The number of carbonyl (C=O) groups excluding carboxylic acids is 1. The summed E-state index contributed by atoms with van der Waals surface area (Å²) in [6.07, 6.45) is 0.655. The summed E-state index contributed by atoms with van der Waals surface area (Å²) < 4.78 is 12.7. The van der Waals surface area contributed by atoms with Crippen LogP contribution in [-0.2, 0) is 24.8 Å². The normalized spacial score (nSPS) is 19.2. The summed E-state index contributed by atoms with van der Waals surface area (Å²) in [5.74, 6) is 0.558. The van der Waals surface area contributed by atoms with Crippen LogP contribution in [0.4, 0.5) is 0 Å². The van der Waals surface area contributed by atoms with Gasteiger partial charge in [0.15, 0.2) is 0 Å². The Kier molecular flexibility index (Phi) is 5.25. The topological polar surface area (TPSA) is 56.6 Å². The molecule has 0 bridgehead atoms. The third-order valence-corrected chi connectivity index (χ3v) is 4.97. The van der Waals surface area contributed by atoms with E-state index in [0.717, 1.165) is 16.8 Å². The molecule has 3 rings (SSSR count). The van der Waals surface area contributed by atoms with E-state index < -0.39 is 0 Å². The van der Waals surface area contributed by atoms with E-state index in [1.165, 1.54) is 0 Å². The Hall–Kier alpha value is -2.05. The van der Waals surface area contributed by atoms with Crippen molar-refractivity contribution in [1.82, 2.24) is 14.7 Å². The molecule has 1 aliphatic rings. The number of hydrogen-bond donors (Lipinski definition) is 0. The molecular formula is C19H24ClN3O3. The van der Waals surface area contributed by atoms with E-state index in [1.807, 2.05) is 32.0 Å². The summed E-state index contributed by atoms with van der Waals surface area (Å²) >= 11 is 6.19. The number of carbonyl (C=O) groups is 1. The number of halogens is 1. The first-order chi connectivity index (χ1) is 12.3. The number of nitrogens with zero attached hydrogens (tertiary/aromatic N) is 3. The van der Waals surface area contributed by atoms with Gasteiger partial charge >= 0.3 is 0 Å². The van der Waals surface area contributed by atoms with Crippen molar-refractivity contribution in [3.63, 3.8) is 0 Å². The lowest BCUT2D eigenvalue weighted by Gasteiger charge is -2.25. The predicted molar refractivity (Wildman–Crippen MR) is 99.7 cm³/mol. The number of hydrogen-bond acceptors (Lipinski definition) is 4. The van der Waals surface area contributed by atoms with E-state index in [2.05, 4.69) is 5.10 Å². The van der Waals surface area contributed by atoms with Crippen LogP contribution >= 0.6 is 11.6 Å². The summed E-state index contributed by atoms with van der Waals surface area (Å²) in [5.41, 5.74) is 3.41. The maximum atomic E-state index is 13.1. The van der Waals surface area contributed by atoms with E-state index in [1.54, 1.807) is 30.8 Å². The Morgan fingerprint density at radius 3 is 2.85 bits per heavy atom. The Morgan fingerprint density at radius 1 is 1.46 bits per heavy atom. The first kappa shape index (κ1) is 18.7. The van der Waals surface area contributed by atoms with Gasteiger partial charge in [-0.05, 0) is 31.5 Å². The largest absolute Gasteiger partial charge is 0.495 e. The monoisotopic (exact) mass is 377 g/mol. The fourth-order valence-electron chi connectivity index (χ4n) is 3.47. The van der Waals surface area contributed by atoms with Gasteiger partial charge in [0.2, 0.25) is 0 Å². The smallest absolute Gasteiger partial charge is 0.272 e. The van der Waals surface area contributed by atoms with Gasteiger partial charge in [0, 0.05) is 32.6 Å². The molecule has 0 N–H and O–H groups in total. The molecule has 0 radical (unpaired) electrons. The van der Waals surface area contributed by atoms with Gasteiger partial charge in [-0.25, -0.2) is 0 Å². The molecule has 1 aromatic carbocycles. The maximum absolute atomic E-state index is 13.1. The Morgan fingerprint density at radius 2 is 2.19 bits per heavy atom. The van der Waals surface area contributed by atoms with Crippen LogP contribution in [0.5, 0.6) is 5.75 Å². The highest BCUT2D eigenvalue weighted by molar-refractivity contribution is 6.32. The molecule has 0 spiro atoms. The SMILES string of the molecule is COc1ccc(CN(C)C(=O)c2c3c(nn2C)[C@H](C)O[C@H](C)C3)cc1Cl. The second kappa shape index (κ2) is 7.29. The Balaban J connectivity index is 1.84. The molecule has 0 aliphatic carbocycles. The van der Waals surface area contributed by atoms with Crippen LogP contribution < -0.4 is 4.74 Å². The minimum absolute atomic E-state index is 0.0607. The first-order valence-corrected chi connectivity index (χ1v) is 8.98. The Labute approximate surface area is 158 Å². The summed E-state index contributed by atoms with van der Waals surface area (Å²) in [7, 11) is 5.17. The highest BCUT2D eigenvalue weighted by Gasteiger charge is 2.32. The van der Waals surface area contributed by atoms with Gasteiger partial charge in [0.1, 0.15) is 11.4 Å². The van der Waals surface area contributed by atoms with Crippen LogP contribution in [0.25, 0.3) is 0 Å². The minimum Gasteiger partial charge on any atom is -0.495 e. The summed E-state index contributed by atoms with van der Waals surface area (Å²) in [6, 6.07) is 5.54. The molecule has 2 heterocycles. The molecule has 6 nitrogen and oxygen atoms in total. The summed E-state index contributed by atoms with van der Waals surface area (Å²) in [6.45, 7) is 4.44. The second-order valence-electron chi connectivity index (χ2n) is 6.76. The van der Waals surface area contributed by atoms with Gasteiger partial charge < -0.3 is 14.4 Å². The molecule has 0 fully saturated rings. The van der Waals surface area contributed by atoms with E-state index in [-0.39, 0.29) is 18.1 Å². The van der Waals surface area contributed by atoms with Crippen molar-refractivity contribution in [3.8, 4) is 5.75 Å². The zero-order chi connectivity index (χ0) is 19.0. The summed E-state index contributed by atoms with van der Waals surface area (Å²) in [4.78, 5) is 14.8. The number of benzene rings is 1. The van der Waals surface area contributed by atoms with Gasteiger partial charge in [0.25, 0.3) is 5.91 Å². The molecule has 26 heavy (non-hydrogen) atoms. The highest BCUT2D eigenvalue weighted by Crippen LogP contribution is 2.32. The molecule has 140 valence electrons. The number of aryl methyl sites for hydroxylation is 1. The zero-order valence-corrected chi connectivity index (χ0v) is 16.5. The van der Waals surface area contributed by atoms with Crippen molar-refractivity contribution >= 4 is 17.5 Å². The third-order valence-electron chi connectivity index (χ3n) is 4.67. The number of rotatable bonds is 4. The standard InChI is InChI=1S/C19H24ClN3O3/c1-11-8-14-17(12(2)26-11)21-23(4)18(14)19(24)22(3)10-13-6-7-16(25-5)15(20)9-13/h6-7,9,11-12H,8,10H2,1-5H3/t11-,12+/m1/s1. The molecule has 1 aromatic heterocycles. The molecule has 1 aliphatic heterocycles. The average molecular weight is 378 g/mol. The molecular weight excluding hydrogens is 354 g/mol. The quantitative estimate of drug-likeness (QED) is 0.819. The van der Waals surface area contributed by atoms with Crippen LogP contribution in [0.1, 0.15) is 47.3 Å². The number of methoxy groups -OCH3 is 1. The van der Waals surface area contributed by atoms with Crippen molar-refractivity contribution in [2.24, 2.45) is 7.05 Å². The minimum atomic E-state index is -0.104. The van der Waals surface area contributed by atoms with E-state index in [4.69, 9.17) is 21.1 Å². The third kappa shape index (κ3) is 3.44. The van der Waals surface area contributed by atoms with Crippen molar-refractivity contribution in [2.75, 3.05) is 14.2 Å². The fraction of sp³-hybridized carbons (Fsp3) is 0.474.